The molecule has 0 unspecified atom stereocenters. The molecule has 7 heteroatoms. The normalized spacial score (nSPS) is 17.2. The van der Waals surface area contributed by atoms with Gasteiger partial charge in [-0.2, -0.15) is 0 Å². The van der Waals surface area contributed by atoms with Gasteiger partial charge in [-0.15, -0.1) is 0 Å². The molecule has 0 spiro atoms. The number of carbonyl (C=O) groups is 1. The van der Waals surface area contributed by atoms with E-state index in [1.807, 2.05) is 4.90 Å². The minimum atomic E-state index is -1.35. The number of benzene rings is 1. The summed E-state index contributed by atoms with van der Waals surface area (Å²) in [7, 11) is 0. The Bertz CT molecular complexity index is 1070. The number of phenolic OH excluding ortho intramolecular Hbond substituents is 1. The highest BCUT2D eigenvalue weighted by Crippen LogP contribution is 2.43. The average molecular weight is 386 g/mol. The number of hydrogen-bond acceptors (Lipinski definition) is 4. The van der Waals surface area contributed by atoms with Gasteiger partial charge in [0, 0.05) is 25.3 Å². The van der Waals surface area contributed by atoms with Crippen LogP contribution in [0.4, 0.5) is 10.1 Å². The summed E-state index contributed by atoms with van der Waals surface area (Å²) in [6, 6.07) is 1.10. The molecule has 2 aromatic rings. The number of anilines is 1. The number of hydrogen-bond donors (Lipinski definition) is 2. The highest BCUT2D eigenvalue weighted by molar-refractivity contribution is 5.96. The summed E-state index contributed by atoms with van der Waals surface area (Å²) in [6.07, 6.45) is 4.54. The second-order valence-corrected chi connectivity index (χ2v) is 7.86. The molecule has 0 radical (unpaired) electrons. The number of aromatic nitrogens is 1. The fourth-order valence-electron chi connectivity index (χ4n) is 4.05. The van der Waals surface area contributed by atoms with E-state index in [9.17, 15) is 24.2 Å². The molecular formula is C21H23FN2O4. The van der Waals surface area contributed by atoms with Gasteiger partial charge in [0.25, 0.3) is 0 Å². The number of aromatic carboxylic acids is 1. The third-order valence-electron chi connectivity index (χ3n) is 5.78. The predicted molar refractivity (Wildman–Crippen MR) is 105 cm³/mol. The molecule has 1 saturated heterocycles. The molecule has 2 aliphatic rings. The lowest BCUT2D eigenvalue weighted by molar-refractivity contribution is 0.0694. The number of halogens is 1. The lowest BCUT2D eigenvalue weighted by atomic mass is 9.98. The Hall–Kier alpha value is -2.83. The van der Waals surface area contributed by atoms with Crippen molar-refractivity contribution >= 4 is 22.6 Å². The van der Waals surface area contributed by atoms with E-state index in [2.05, 4.69) is 13.8 Å². The highest BCUT2D eigenvalue weighted by atomic mass is 19.1. The quantitative estimate of drug-likeness (QED) is 0.784. The minimum absolute atomic E-state index is 0.0176. The van der Waals surface area contributed by atoms with E-state index >= 15 is 0 Å². The Morgan fingerprint density at radius 2 is 1.86 bits per heavy atom. The number of carboxylic acids is 1. The first-order chi connectivity index (χ1) is 13.3. The molecule has 1 aliphatic carbocycles. The molecule has 4 rings (SSSR count). The van der Waals surface area contributed by atoms with Crippen molar-refractivity contribution in [3.05, 3.63) is 45.0 Å². The van der Waals surface area contributed by atoms with Gasteiger partial charge in [-0.1, -0.05) is 11.1 Å². The molecule has 2 fully saturated rings. The van der Waals surface area contributed by atoms with Crippen molar-refractivity contribution in [1.29, 1.82) is 0 Å². The summed E-state index contributed by atoms with van der Waals surface area (Å²) < 4.78 is 16.6. The van der Waals surface area contributed by atoms with Crippen molar-refractivity contribution < 1.29 is 19.4 Å². The average Bonchev–Trinajstić information content (AvgIpc) is 3.47. The molecule has 1 aromatic carbocycles. The number of fused-ring (bicyclic) bond motifs is 1. The summed E-state index contributed by atoms with van der Waals surface area (Å²) in [4.78, 5) is 25.8. The number of aromatic hydroxyl groups is 1. The highest BCUT2D eigenvalue weighted by Gasteiger charge is 2.31. The van der Waals surface area contributed by atoms with Crippen LogP contribution < -0.4 is 10.3 Å². The van der Waals surface area contributed by atoms with E-state index in [-0.39, 0.29) is 28.4 Å². The number of nitrogens with zero attached hydrogens (tertiary/aromatic N) is 2. The Balaban J connectivity index is 1.90. The number of allylic oxidation sites excluding steroid dienone is 1. The number of carboxylic acid groups (broad SMARTS) is 1. The van der Waals surface area contributed by atoms with Crippen LogP contribution in [0.2, 0.25) is 0 Å². The third-order valence-corrected chi connectivity index (χ3v) is 5.78. The van der Waals surface area contributed by atoms with Crippen LogP contribution in [0.5, 0.6) is 5.75 Å². The number of pyridine rings is 1. The molecule has 2 heterocycles. The maximum atomic E-state index is 15.0. The van der Waals surface area contributed by atoms with Crippen LogP contribution in [-0.4, -0.2) is 33.8 Å². The van der Waals surface area contributed by atoms with E-state index < -0.39 is 22.8 Å². The number of rotatable bonds is 3. The van der Waals surface area contributed by atoms with Crippen molar-refractivity contribution in [3.8, 4) is 5.75 Å². The van der Waals surface area contributed by atoms with E-state index in [1.165, 1.54) is 17.3 Å². The Morgan fingerprint density at radius 1 is 1.21 bits per heavy atom. The standard InChI is InChI=1S/C21H23FN2O4/c1-11(2)12-5-7-23(8-6-12)18-16(22)9-14-17(20(18)26)24(13-3-4-13)10-15(19(14)25)21(27)28/h9-10,13,26H,3-8H2,1-2H3,(H,27,28). The first kappa shape index (κ1) is 18.5. The van der Waals surface area contributed by atoms with Gasteiger partial charge in [0.1, 0.15) is 11.3 Å². The molecule has 0 atom stereocenters. The van der Waals surface area contributed by atoms with Crippen LogP contribution in [0.1, 0.15) is 55.9 Å². The predicted octanol–water partition coefficient (Wildman–Crippen LogP) is 3.82. The van der Waals surface area contributed by atoms with Gasteiger partial charge in [0.2, 0.25) is 5.43 Å². The van der Waals surface area contributed by atoms with Crippen molar-refractivity contribution in [2.24, 2.45) is 0 Å². The summed E-state index contributed by atoms with van der Waals surface area (Å²) in [6.45, 7) is 5.29. The SMILES string of the molecule is CC(C)=C1CCN(c2c(F)cc3c(=O)c(C(=O)O)cn(C4CC4)c3c2O)CC1. The molecule has 2 N–H and O–H groups in total. The zero-order chi connectivity index (χ0) is 20.2. The van der Waals surface area contributed by atoms with Crippen LogP contribution in [0.15, 0.2) is 28.2 Å². The van der Waals surface area contributed by atoms with Crippen molar-refractivity contribution in [2.45, 2.75) is 45.6 Å². The molecule has 148 valence electrons. The summed E-state index contributed by atoms with van der Waals surface area (Å²) in [5, 5.41) is 20.2. The monoisotopic (exact) mass is 386 g/mol. The second-order valence-electron chi connectivity index (χ2n) is 7.86. The van der Waals surface area contributed by atoms with Crippen LogP contribution in [0.3, 0.4) is 0 Å². The van der Waals surface area contributed by atoms with E-state index in [0.717, 1.165) is 31.7 Å². The topological polar surface area (TPSA) is 82.8 Å². The maximum Gasteiger partial charge on any atom is 0.341 e. The zero-order valence-electron chi connectivity index (χ0n) is 16.0. The Labute approximate surface area is 161 Å². The van der Waals surface area contributed by atoms with Crippen molar-refractivity contribution in [2.75, 3.05) is 18.0 Å². The minimum Gasteiger partial charge on any atom is -0.504 e. The van der Waals surface area contributed by atoms with Gasteiger partial charge in [0.15, 0.2) is 11.6 Å². The van der Waals surface area contributed by atoms with E-state index in [0.29, 0.717) is 13.1 Å². The molecule has 6 nitrogen and oxygen atoms in total. The largest absolute Gasteiger partial charge is 0.504 e. The Kier molecular flexibility index (Phi) is 4.40. The van der Waals surface area contributed by atoms with Gasteiger partial charge < -0.3 is 19.7 Å². The molecule has 0 bridgehead atoms. The number of piperidine rings is 1. The molecular weight excluding hydrogens is 363 g/mol. The van der Waals surface area contributed by atoms with E-state index in [4.69, 9.17) is 0 Å². The summed E-state index contributed by atoms with van der Waals surface area (Å²) in [5.74, 6) is -2.33. The first-order valence-electron chi connectivity index (χ1n) is 9.53. The maximum absolute atomic E-state index is 15.0. The fraction of sp³-hybridized carbons (Fsp3) is 0.429. The smallest absolute Gasteiger partial charge is 0.341 e. The number of phenols is 1. The molecule has 1 aromatic heterocycles. The van der Waals surface area contributed by atoms with Crippen LogP contribution in [0, 0.1) is 5.82 Å². The van der Waals surface area contributed by atoms with Crippen LogP contribution in [0.25, 0.3) is 10.9 Å². The van der Waals surface area contributed by atoms with Crippen molar-refractivity contribution in [1.82, 2.24) is 4.57 Å². The third kappa shape index (κ3) is 2.95. The van der Waals surface area contributed by atoms with Crippen LogP contribution in [-0.2, 0) is 0 Å². The lowest BCUT2D eigenvalue weighted by Crippen LogP contribution is -2.32. The fourth-order valence-corrected chi connectivity index (χ4v) is 4.05. The molecule has 1 saturated carbocycles. The summed E-state index contributed by atoms with van der Waals surface area (Å²) >= 11 is 0. The second kappa shape index (κ2) is 6.65. The Morgan fingerprint density at radius 3 is 2.39 bits per heavy atom. The first-order valence-corrected chi connectivity index (χ1v) is 9.53. The lowest BCUT2D eigenvalue weighted by Gasteiger charge is -2.32. The summed E-state index contributed by atoms with van der Waals surface area (Å²) in [5.41, 5.74) is 1.76. The van der Waals surface area contributed by atoms with Crippen molar-refractivity contribution in [3.63, 3.8) is 0 Å². The van der Waals surface area contributed by atoms with Gasteiger partial charge >= 0.3 is 5.97 Å². The zero-order valence-corrected chi connectivity index (χ0v) is 16.0. The van der Waals surface area contributed by atoms with Gasteiger partial charge in [-0.3, -0.25) is 4.79 Å². The molecule has 28 heavy (non-hydrogen) atoms. The van der Waals surface area contributed by atoms with Gasteiger partial charge in [0.05, 0.1) is 10.9 Å². The molecule has 1 aliphatic heterocycles. The van der Waals surface area contributed by atoms with Crippen LogP contribution >= 0.6 is 0 Å². The van der Waals surface area contributed by atoms with Gasteiger partial charge in [-0.25, -0.2) is 9.18 Å². The van der Waals surface area contributed by atoms with E-state index in [1.54, 1.807) is 4.57 Å². The van der Waals surface area contributed by atoms with Gasteiger partial charge in [-0.05, 0) is 45.6 Å². The molecule has 0 amide bonds.